The number of aromatic nitrogens is 1. The van der Waals surface area contributed by atoms with Crippen LogP contribution in [0.4, 0.5) is 0 Å². The summed E-state index contributed by atoms with van der Waals surface area (Å²) >= 11 is 0. The van der Waals surface area contributed by atoms with Gasteiger partial charge < -0.3 is 10.0 Å². The van der Waals surface area contributed by atoms with Gasteiger partial charge in [-0.2, -0.15) is 0 Å². The summed E-state index contributed by atoms with van der Waals surface area (Å²) in [4.78, 5) is 20.7. The Hall–Kier alpha value is -1.46. The summed E-state index contributed by atoms with van der Waals surface area (Å²) in [5, 5.41) is 9.66. The SMILES string of the molecule is CCC(O)CN1CCN(C(=O)c2cccc(C)n2)CC1. The number of carbonyl (C=O) groups excluding carboxylic acids is 1. The van der Waals surface area contributed by atoms with Crippen molar-refractivity contribution in [2.75, 3.05) is 32.7 Å². The average Bonchev–Trinajstić information content (AvgIpc) is 2.47. The Kier molecular flexibility index (Phi) is 5.09. The highest BCUT2D eigenvalue weighted by atomic mass is 16.3. The summed E-state index contributed by atoms with van der Waals surface area (Å²) in [5.74, 6) is 0.00406. The number of carbonyl (C=O) groups is 1. The maximum Gasteiger partial charge on any atom is 0.272 e. The predicted octanol–water partition coefficient (Wildman–Crippen LogP) is 0.919. The monoisotopic (exact) mass is 277 g/mol. The molecule has 0 aliphatic carbocycles. The van der Waals surface area contributed by atoms with Crippen molar-refractivity contribution in [1.29, 1.82) is 0 Å². The van der Waals surface area contributed by atoms with E-state index in [4.69, 9.17) is 0 Å². The van der Waals surface area contributed by atoms with Crippen molar-refractivity contribution in [2.45, 2.75) is 26.4 Å². The van der Waals surface area contributed by atoms with Gasteiger partial charge in [-0.25, -0.2) is 4.98 Å². The second-order valence-electron chi connectivity index (χ2n) is 5.32. The van der Waals surface area contributed by atoms with Crippen molar-refractivity contribution in [3.8, 4) is 0 Å². The molecule has 20 heavy (non-hydrogen) atoms. The van der Waals surface area contributed by atoms with E-state index in [-0.39, 0.29) is 12.0 Å². The Bertz CT molecular complexity index is 456. The van der Waals surface area contributed by atoms with Crippen LogP contribution in [-0.2, 0) is 0 Å². The molecule has 0 aromatic carbocycles. The molecule has 1 atom stereocenters. The molecule has 1 unspecified atom stereocenters. The Morgan fingerprint density at radius 3 is 2.65 bits per heavy atom. The number of hydrogen-bond acceptors (Lipinski definition) is 4. The van der Waals surface area contributed by atoms with Gasteiger partial charge in [-0.1, -0.05) is 13.0 Å². The summed E-state index contributed by atoms with van der Waals surface area (Å²) in [6, 6.07) is 5.52. The van der Waals surface area contributed by atoms with Crippen LogP contribution in [-0.4, -0.2) is 64.6 Å². The van der Waals surface area contributed by atoms with E-state index in [9.17, 15) is 9.90 Å². The number of aryl methyl sites for hydroxylation is 1. The second kappa shape index (κ2) is 6.81. The molecule has 1 aromatic rings. The molecule has 1 amide bonds. The molecule has 0 radical (unpaired) electrons. The number of piperazine rings is 1. The Labute approximate surface area is 120 Å². The van der Waals surface area contributed by atoms with Crippen molar-refractivity contribution >= 4 is 5.91 Å². The highest BCUT2D eigenvalue weighted by Gasteiger charge is 2.23. The summed E-state index contributed by atoms with van der Waals surface area (Å²) < 4.78 is 0. The summed E-state index contributed by atoms with van der Waals surface area (Å²) in [6.07, 6.45) is 0.502. The fraction of sp³-hybridized carbons (Fsp3) is 0.600. The van der Waals surface area contributed by atoms with Gasteiger partial charge >= 0.3 is 0 Å². The number of amides is 1. The highest BCUT2D eigenvalue weighted by molar-refractivity contribution is 5.92. The lowest BCUT2D eigenvalue weighted by Gasteiger charge is -2.35. The van der Waals surface area contributed by atoms with Crippen LogP contribution in [0, 0.1) is 6.92 Å². The van der Waals surface area contributed by atoms with Crippen LogP contribution in [0.1, 0.15) is 29.5 Å². The van der Waals surface area contributed by atoms with Crippen LogP contribution in [0.2, 0.25) is 0 Å². The van der Waals surface area contributed by atoms with Crippen LogP contribution in [0.5, 0.6) is 0 Å². The van der Waals surface area contributed by atoms with Crippen LogP contribution in [0.3, 0.4) is 0 Å². The first-order valence-corrected chi connectivity index (χ1v) is 7.23. The van der Waals surface area contributed by atoms with Crippen LogP contribution in [0.25, 0.3) is 0 Å². The minimum atomic E-state index is -0.268. The van der Waals surface area contributed by atoms with E-state index < -0.39 is 0 Å². The number of aliphatic hydroxyl groups excluding tert-OH is 1. The van der Waals surface area contributed by atoms with Crippen LogP contribution >= 0.6 is 0 Å². The Balaban J connectivity index is 1.89. The van der Waals surface area contributed by atoms with Crippen molar-refractivity contribution in [3.63, 3.8) is 0 Å². The van der Waals surface area contributed by atoms with Gasteiger partial charge in [0.1, 0.15) is 5.69 Å². The topological polar surface area (TPSA) is 56.7 Å². The summed E-state index contributed by atoms with van der Waals surface area (Å²) in [7, 11) is 0. The number of pyridine rings is 1. The molecule has 0 bridgehead atoms. The molecule has 0 saturated carbocycles. The predicted molar refractivity (Wildman–Crippen MR) is 77.6 cm³/mol. The molecule has 2 heterocycles. The van der Waals surface area contributed by atoms with Gasteiger partial charge in [-0.3, -0.25) is 9.69 Å². The number of rotatable bonds is 4. The van der Waals surface area contributed by atoms with Crippen molar-refractivity contribution in [1.82, 2.24) is 14.8 Å². The van der Waals surface area contributed by atoms with E-state index in [1.54, 1.807) is 6.07 Å². The smallest absolute Gasteiger partial charge is 0.272 e. The molecule has 1 fully saturated rings. The average molecular weight is 277 g/mol. The van der Waals surface area contributed by atoms with Crippen LogP contribution < -0.4 is 0 Å². The largest absolute Gasteiger partial charge is 0.392 e. The number of nitrogens with zero attached hydrogens (tertiary/aromatic N) is 3. The first kappa shape index (κ1) is 14.9. The maximum absolute atomic E-state index is 12.3. The normalized spacial score (nSPS) is 18.1. The maximum atomic E-state index is 12.3. The third-order valence-electron chi connectivity index (χ3n) is 3.71. The lowest BCUT2D eigenvalue weighted by molar-refractivity contribution is 0.0519. The standard InChI is InChI=1S/C15H23N3O2/c1-3-13(19)11-17-7-9-18(10-8-17)15(20)14-6-4-5-12(2)16-14/h4-6,13,19H,3,7-11H2,1-2H3. The third-order valence-corrected chi connectivity index (χ3v) is 3.71. The number of aliphatic hydroxyl groups is 1. The van der Waals surface area contributed by atoms with Crippen LogP contribution in [0.15, 0.2) is 18.2 Å². The van der Waals surface area contributed by atoms with Crippen molar-refractivity contribution < 1.29 is 9.90 Å². The fourth-order valence-corrected chi connectivity index (χ4v) is 2.38. The van der Waals surface area contributed by atoms with E-state index >= 15 is 0 Å². The van der Waals surface area contributed by atoms with Gasteiger partial charge in [0.15, 0.2) is 0 Å². The quantitative estimate of drug-likeness (QED) is 0.889. The second-order valence-corrected chi connectivity index (χ2v) is 5.32. The first-order chi connectivity index (χ1) is 9.60. The molecule has 1 aromatic heterocycles. The van der Waals surface area contributed by atoms with Gasteiger partial charge in [-0.05, 0) is 25.5 Å². The minimum absolute atomic E-state index is 0.00406. The van der Waals surface area contributed by atoms with E-state index in [2.05, 4.69) is 9.88 Å². The molecular weight excluding hydrogens is 254 g/mol. The van der Waals surface area contributed by atoms with Gasteiger partial charge in [0.2, 0.25) is 0 Å². The van der Waals surface area contributed by atoms with E-state index in [0.29, 0.717) is 25.3 Å². The zero-order valence-electron chi connectivity index (χ0n) is 12.2. The third kappa shape index (κ3) is 3.77. The molecular formula is C15H23N3O2. The first-order valence-electron chi connectivity index (χ1n) is 7.23. The summed E-state index contributed by atoms with van der Waals surface area (Å²) in [5.41, 5.74) is 1.38. The van der Waals surface area contributed by atoms with Gasteiger partial charge in [0, 0.05) is 38.4 Å². The number of β-amino-alcohol motifs (C(OH)–C–C–N with tert-alkyl or cyclic N) is 1. The van der Waals surface area contributed by atoms with Crippen molar-refractivity contribution in [2.24, 2.45) is 0 Å². The van der Waals surface area contributed by atoms with E-state index in [1.807, 2.05) is 30.9 Å². The molecule has 110 valence electrons. The van der Waals surface area contributed by atoms with Gasteiger partial charge in [0.25, 0.3) is 5.91 Å². The lowest BCUT2D eigenvalue weighted by Crippen LogP contribution is -2.50. The van der Waals surface area contributed by atoms with E-state index in [1.165, 1.54) is 0 Å². The highest BCUT2D eigenvalue weighted by Crippen LogP contribution is 2.09. The molecule has 5 nitrogen and oxygen atoms in total. The minimum Gasteiger partial charge on any atom is -0.392 e. The fourth-order valence-electron chi connectivity index (χ4n) is 2.38. The molecule has 1 aliphatic rings. The molecule has 1 aliphatic heterocycles. The molecule has 1 N–H and O–H groups in total. The molecule has 5 heteroatoms. The number of hydrogen-bond donors (Lipinski definition) is 1. The summed E-state index contributed by atoms with van der Waals surface area (Å²) in [6.45, 7) is 7.59. The molecule has 0 spiro atoms. The van der Waals surface area contributed by atoms with Crippen molar-refractivity contribution in [3.05, 3.63) is 29.6 Å². The van der Waals surface area contributed by atoms with E-state index in [0.717, 1.165) is 25.2 Å². The van der Waals surface area contributed by atoms with Gasteiger partial charge in [0.05, 0.1) is 6.10 Å². The molecule has 2 rings (SSSR count). The Morgan fingerprint density at radius 1 is 1.35 bits per heavy atom. The zero-order chi connectivity index (χ0) is 14.5. The molecule has 1 saturated heterocycles. The Morgan fingerprint density at radius 2 is 2.05 bits per heavy atom. The van der Waals surface area contributed by atoms with Gasteiger partial charge in [-0.15, -0.1) is 0 Å². The zero-order valence-corrected chi connectivity index (χ0v) is 12.2. The lowest BCUT2D eigenvalue weighted by atomic mass is 10.2.